The summed E-state index contributed by atoms with van der Waals surface area (Å²) in [5.74, 6) is 0.0692. The first-order valence-corrected chi connectivity index (χ1v) is 6.01. The minimum Gasteiger partial charge on any atom is -0.354 e. The Labute approximate surface area is 103 Å². The monoisotopic (exact) mass is 250 g/mol. The minimum absolute atomic E-state index is 0.0537. The summed E-state index contributed by atoms with van der Waals surface area (Å²) < 4.78 is 0. The van der Waals surface area contributed by atoms with Crippen molar-refractivity contribution in [2.75, 3.05) is 5.88 Å². The van der Waals surface area contributed by atoms with E-state index in [0.717, 1.165) is 0 Å². The molecule has 16 heavy (non-hydrogen) atoms. The van der Waals surface area contributed by atoms with Gasteiger partial charge in [-0.25, -0.2) is 0 Å². The molecule has 0 rings (SSSR count). The molecule has 0 spiro atoms. The van der Waals surface area contributed by atoms with Gasteiger partial charge in [-0.15, -0.1) is 11.6 Å². The van der Waals surface area contributed by atoms with Gasteiger partial charge in [0.25, 0.3) is 0 Å². The zero-order valence-electron chi connectivity index (χ0n) is 10.8. The van der Waals surface area contributed by atoms with Crippen LogP contribution in [0, 0.1) is 0 Å². The van der Waals surface area contributed by atoms with Crippen molar-refractivity contribution in [3.63, 3.8) is 0 Å². The summed E-state index contributed by atoms with van der Waals surface area (Å²) in [6, 6.07) is 0.476. The lowest BCUT2D eigenvalue weighted by Gasteiger charge is -2.04. The fraction of sp³-hybridized carbons (Fsp3) is 0.818. The summed E-state index contributed by atoms with van der Waals surface area (Å²) in [5, 5.41) is 5.38. The van der Waals surface area contributed by atoms with Crippen molar-refractivity contribution < 1.29 is 9.59 Å². The van der Waals surface area contributed by atoms with Crippen LogP contribution in [-0.4, -0.2) is 29.8 Å². The Morgan fingerprint density at radius 1 is 1.00 bits per heavy atom. The van der Waals surface area contributed by atoms with Crippen LogP contribution in [0.1, 0.15) is 41.0 Å². The molecule has 2 N–H and O–H groups in total. The fourth-order valence-electron chi connectivity index (χ4n) is 0.785. The number of nitrogens with one attached hydrogen (secondary N) is 2. The number of hydrogen-bond acceptors (Lipinski definition) is 2. The number of amides is 2. The molecule has 4 nitrogen and oxygen atoms in total. The normalized spacial score (nSPS) is 9.50. The lowest BCUT2D eigenvalue weighted by Crippen LogP contribution is -2.30. The third kappa shape index (κ3) is 15.7. The van der Waals surface area contributed by atoms with Crippen molar-refractivity contribution in [3.8, 4) is 0 Å². The highest BCUT2D eigenvalue weighted by Gasteiger charge is 1.97. The predicted octanol–water partition coefficient (Wildman–Crippen LogP) is 1.67. The molecule has 0 bridgehead atoms. The Bertz CT molecular complexity index is 184. The minimum atomic E-state index is -0.110. The van der Waals surface area contributed by atoms with Gasteiger partial charge < -0.3 is 10.6 Å². The van der Waals surface area contributed by atoms with Gasteiger partial charge in [0.15, 0.2) is 0 Å². The third-order valence-electron chi connectivity index (χ3n) is 1.34. The first-order valence-electron chi connectivity index (χ1n) is 5.48. The standard InChI is InChI=1S/C6H13NO.C5H10ClNO/c1-4-6(8)7-5(2)3;1-4(2)7-5(8)3-6/h5H,4H2,1-3H3,(H,7,8);4H,3H2,1-2H3,(H,7,8). The van der Waals surface area contributed by atoms with E-state index in [4.69, 9.17) is 11.6 Å². The van der Waals surface area contributed by atoms with Crippen LogP contribution in [0.3, 0.4) is 0 Å². The highest BCUT2D eigenvalue weighted by Crippen LogP contribution is 1.79. The Morgan fingerprint density at radius 2 is 1.38 bits per heavy atom. The maximum absolute atomic E-state index is 10.5. The van der Waals surface area contributed by atoms with E-state index < -0.39 is 0 Å². The van der Waals surface area contributed by atoms with Gasteiger partial charge in [-0.3, -0.25) is 9.59 Å². The van der Waals surface area contributed by atoms with Crippen molar-refractivity contribution in [1.82, 2.24) is 10.6 Å². The van der Waals surface area contributed by atoms with Crippen LogP contribution < -0.4 is 10.6 Å². The van der Waals surface area contributed by atoms with Crippen molar-refractivity contribution in [2.24, 2.45) is 0 Å². The molecule has 5 heteroatoms. The van der Waals surface area contributed by atoms with Crippen molar-refractivity contribution in [3.05, 3.63) is 0 Å². The van der Waals surface area contributed by atoms with E-state index in [-0.39, 0.29) is 29.8 Å². The molecule has 0 heterocycles. The fourth-order valence-corrected chi connectivity index (χ4v) is 0.862. The van der Waals surface area contributed by atoms with Gasteiger partial charge in [0.05, 0.1) is 0 Å². The van der Waals surface area contributed by atoms with Gasteiger partial charge >= 0.3 is 0 Å². The van der Waals surface area contributed by atoms with Gasteiger partial charge in [-0.1, -0.05) is 6.92 Å². The molecule has 0 saturated carbocycles. The van der Waals surface area contributed by atoms with Crippen LogP contribution in [0.2, 0.25) is 0 Å². The maximum atomic E-state index is 10.5. The lowest BCUT2D eigenvalue weighted by molar-refractivity contribution is -0.121. The summed E-state index contributed by atoms with van der Waals surface area (Å²) in [4.78, 5) is 20.9. The molecule has 0 aromatic heterocycles. The van der Waals surface area contributed by atoms with Gasteiger partial charge in [-0.05, 0) is 27.7 Å². The average Bonchev–Trinajstić information content (AvgIpc) is 2.16. The molecular weight excluding hydrogens is 228 g/mol. The molecule has 0 atom stereocenters. The lowest BCUT2D eigenvalue weighted by atomic mass is 10.3. The highest BCUT2D eigenvalue weighted by molar-refractivity contribution is 6.27. The third-order valence-corrected chi connectivity index (χ3v) is 1.58. The van der Waals surface area contributed by atoms with Crippen LogP contribution >= 0.6 is 11.6 Å². The van der Waals surface area contributed by atoms with Crippen molar-refractivity contribution >= 4 is 23.4 Å². The number of rotatable bonds is 4. The second kappa shape index (κ2) is 10.7. The molecule has 96 valence electrons. The smallest absolute Gasteiger partial charge is 0.235 e. The zero-order chi connectivity index (χ0) is 13.1. The SMILES string of the molecule is CC(C)NC(=O)CCl.CCC(=O)NC(C)C. The van der Waals surface area contributed by atoms with E-state index in [0.29, 0.717) is 6.42 Å². The van der Waals surface area contributed by atoms with Crippen molar-refractivity contribution in [1.29, 1.82) is 0 Å². The topological polar surface area (TPSA) is 58.2 Å². The number of halogens is 1. The summed E-state index contributed by atoms with van der Waals surface area (Å²) in [7, 11) is 0. The van der Waals surface area contributed by atoms with Crippen LogP contribution in [0.25, 0.3) is 0 Å². The van der Waals surface area contributed by atoms with Crippen LogP contribution in [-0.2, 0) is 9.59 Å². The molecule has 0 aromatic rings. The number of carbonyl (C=O) groups excluding carboxylic acids is 2. The molecule has 0 aliphatic rings. The summed E-state index contributed by atoms with van der Waals surface area (Å²) in [6.07, 6.45) is 0.582. The Kier molecular flexibility index (Phi) is 11.8. The van der Waals surface area contributed by atoms with E-state index in [9.17, 15) is 9.59 Å². The molecule has 2 amide bonds. The molecule has 0 fully saturated rings. The van der Waals surface area contributed by atoms with Crippen LogP contribution in [0.5, 0.6) is 0 Å². The molecular formula is C11H23ClN2O2. The van der Waals surface area contributed by atoms with E-state index in [1.54, 1.807) is 0 Å². The second-order valence-electron chi connectivity index (χ2n) is 3.93. The van der Waals surface area contributed by atoms with Crippen LogP contribution in [0.15, 0.2) is 0 Å². The molecule has 0 aromatic carbocycles. The Balaban J connectivity index is 0. The van der Waals surface area contributed by atoms with E-state index >= 15 is 0 Å². The Morgan fingerprint density at radius 3 is 1.50 bits per heavy atom. The first-order chi connectivity index (χ1) is 7.33. The summed E-state index contributed by atoms with van der Waals surface area (Å²) >= 11 is 5.18. The molecule has 0 aliphatic heterocycles. The predicted molar refractivity (Wildman–Crippen MR) is 67.6 cm³/mol. The van der Waals surface area contributed by atoms with E-state index in [2.05, 4.69) is 10.6 Å². The van der Waals surface area contributed by atoms with Crippen molar-refractivity contribution in [2.45, 2.75) is 53.1 Å². The van der Waals surface area contributed by atoms with Gasteiger partial charge in [0.2, 0.25) is 11.8 Å². The van der Waals surface area contributed by atoms with Gasteiger partial charge in [0.1, 0.15) is 5.88 Å². The van der Waals surface area contributed by atoms with Gasteiger partial charge in [0, 0.05) is 18.5 Å². The quantitative estimate of drug-likeness (QED) is 0.746. The molecule has 0 saturated heterocycles. The molecule has 0 aliphatic carbocycles. The number of hydrogen-bond donors (Lipinski definition) is 2. The highest BCUT2D eigenvalue weighted by atomic mass is 35.5. The van der Waals surface area contributed by atoms with Crippen LogP contribution in [0.4, 0.5) is 0 Å². The largest absolute Gasteiger partial charge is 0.354 e. The van der Waals surface area contributed by atoms with E-state index in [1.165, 1.54) is 0 Å². The second-order valence-corrected chi connectivity index (χ2v) is 4.20. The van der Waals surface area contributed by atoms with Gasteiger partial charge in [-0.2, -0.15) is 0 Å². The average molecular weight is 251 g/mol. The summed E-state index contributed by atoms with van der Waals surface area (Å²) in [6.45, 7) is 9.54. The number of alkyl halides is 1. The van der Waals surface area contributed by atoms with E-state index in [1.807, 2.05) is 34.6 Å². The molecule has 0 unspecified atom stereocenters. The summed E-state index contributed by atoms with van der Waals surface area (Å²) in [5.41, 5.74) is 0. The first kappa shape index (κ1) is 17.6. The molecule has 0 radical (unpaired) electrons. The number of carbonyl (C=O) groups is 2. The Hall–Kier alpha value is -0.770. The zero-order valence-corrected chi connectivity index (χ0v) is 11.5. The maximum Gasteiger partial charge on any atom is 0.235 e.